The number of hydrogen-bond donors (Lipinski definition) is 1. The van der Waals surface area contributed by atoms with Crippen LogP contribution in [-0.2, 0) is 7.05 Å². The molecule has 0 radical (unpaired) electrons. The predicted octanol–water partition coefficient (Wildman–Crippen LogP) is 5.48. The molecule has 4 heterocycles. The minimum Gasteiger partial charge on any atom is -0.476 e. The Bertz CT molecular complexity index is 1430. The van der Waals surface area contributed by atoms with Gasteiger partial charge in [0.15, 0.2) is 5.82 Å². The molecule has 0 spiro atoms. The Morgan fingerprint density at radius 3 is 2.45 bits per heavy atom. The van der Waals surface area contributed by atoms with Crippen LogP contribution >= 0.6 is 11.9 Å². The van der Waals surface area contributed by atoms with Gasteiger partial charge in [-0.15, -0.1) is 5.10 Å². The summed E-state index contributed by atoms with van der Waals surface area (Å²) in [7, 11) is 1.82. The summed E-state index contributed by atoms with van der Waals surface area (Å²) in [5.41, 5.74) is -0.833. The van der Waals surface area contributed by atoms with E-state index >= 15 is 0 Å². The van der Waals surface area contributed by atoms with Crippen LogP contribution in [0.15, 0.2) is 35.5 Å². The van der Waals surface area contributed by atoms with Gasteiger partial charge in [-0.05, 0) is 69.5 Å². The highest BCUT2D eigenvalue weighted by molar-refractivity contribution is 7.98. The fourth-order valence-corrected chi connectivity index (χ4v) is 6.20. The summed E-state index contributed by atoms with van der Waals surface area (Å²) in [5, 5.41) is 8.64. The van der Waals surface area contributed by atoms with Gasteiger partial charge >= 0.3 is 6.18 Å². The minimum atomic E-state index is -4.30. The summed E-state index contributed by atoms with van der Waals surface area (Å²) in [6.45, 7) is 10.7. The summed E-state index contributed by atoms with van der Waals surface area (Å²) in [6.07, 6.45) is 0.156. The zero-order valence-corrected chi connectivity index (χ0v) is 24.3. The Kier molecular flexibility index (Phi) is 6.87. The molecule has 2 aliphatic rings. The van der Waals surface area contributed by atoms with Crippen LogP contribution in [0.5, 0.6) is 5.88 Å². The lowest BCUT2D eigenvalue weighted by Gasteiger charge is -2.33. The number of anilines is 1. The monoisotopic (exact) mass is 577 g/mol. The summed E-state index contributed by atoms with van der Waals surface area (Å²) in [4.78, 5) is 21.3. The summed E-state index contributed by atoms with van der Waals surface area (Å²) < 4.78 is 51.4. The third-order valence-electron chi connectivity index (χ3n) is 7.56. The van der Waals surface area contributed by atoms with E-state index in [4.69, 9.17) is 9.72 Å². The van der Waals surface area contributed by atoms with Gasteiger partial charge in [0, 0.05) is 37.6 Å². The molecule has 13 heteroatoms. The van der Waals surface area contributed by atoms with Crippen molar-refractivity contribution in [2.75, 3.05) is 18.1 Å². The molecule has 3 aromatic rings. The molecule has 1 saturated heterocycles. The molecule has 216 valence electrons. The van der Waals surface area contributed by atoms with E-state index in [-0.39, 0.29) is 35.6 Å². The number of nitrogens with zero attached hydrogens (tertiary/aromatic N) is 6. The molecule has 1 saturated carbocycles. The van der Waals surface area contributed by atoms with Gasteiger partial charge in [-0.2, -0.15) is 18.3 Å². The Labute approximate surface area is 235 Å². The van der Waals surface area contributed by atoms with Gasteiger partial charge in [-0.3, -0.25) is 14.2 Å². The van der Waals surface area contributed by atoms with Crippen LogP contribution in [0, 0.1) is 17.8 Å². The van der Waals surface area contributed by atoms with Gasteiger partial charge in [0.25, 0.3) is 5.91 Å². The van der Waals surface area contributed by atoms with Gasteiger partial charge in [-0.25, -0.2) is 9.67 Å². The number of carbonyl (C=O) groups excluding carboxylic acids is 1. The molecule has 3 aromatic heterocycles. The van der Waals surface area contributed by atoms with Gasteiger partial charge in [0.2, 0.25) is 5.88 Å². The maximum Gasteiger partial charge on any atom is 0.397 e. The van der Waals surface area contributed by atoms with Crippen molar-refractivity contribution < 1.29 is 22.7 Å². The normalized spacial score (nSPS) is 19.1. The number of ether oxygens (including phenoxy) is 1. The Balaban J connectivity index is 1.42. The summed E-state index contributed by atoms with van der Waals surface area (Å²) >= 11 is 1.20. The van der Waals surface area contributed by atoms with Crippen LogP contribution in [0.25, 0.3) is 5.82 Å². The van der Waals surface area contributed by atoms with Crippen molar-refractivity contribution in [3.63, 3.8) is 0 Å². The average molecular weight is 578 g/mol. The molecule has 0 unspecified atom stereocenters. The average Bonchev–Trinajstić information content (AvgIpc) is 3.30. The SMILES string of the molecule is Cc1nn(C)cc1SNC(=O)c1ccc(-n2ccc(OCC3(C(F)(F)F)CC3)n2)nc1N1CC(C)(C)CC1(C)C. The van der Waals surface area contributed by atoms with Crippen molar-refractivity contribution in [3.8, 4) is 11.7 Å². The van der Waals surface area contributed by atoms with E-state index in [2.05, 4.69) is 47.5 Å². The topological polar surface area (TPSA) is 90.1 Å². The number of aryl methyl sites for hydroxylation is 2. The Morgan fingerprint density at radius 1 is 1.15 bits per heavy atom. The molecule has 2 fully saturated rings. The molecule has 40 heavy (non-hydrogen) atoms. The fourth-order valence-electron chi connectivity index (χ4n) is 5.49. The van der Waals surface area contributed by atoms with Gasteiger partial charge < -0.3 is 9.64 Å². The van der Waals surface area contributed by atoms with Crippen LogP contribution in [0.3, 0.4) is 0 Å². The molecule has 1 amide bonds. The van der Waals surface area contributed by atoms with Crippen molar-refractivity contribution in [3.05, 3.63) is 41.9 Å². The molecular weight excluding hydrogens is 543 g/mol. The zero-order valence-electron chi connectivity index (χ0n) is 23.5. The standard InChI is InChI=1S/C27H34F3N7O2S/c1-17-19(13-35(6)32-17)40-34-23(38)18-7-8-20(31-22(18)36-15-24(2,3)14-25(36,4)5)37-12-9-21(33-37)39-16-26(10-11-26)27(28,29)30/h7-9,12-13H,10-11,14-16H2,1-6H3,(H,34,38). The molecule has 5 rings (SSSR count). The summed E-state index contributed by atoms with van der Waals surface area (Å²) in [6, 6.07) is 4.89. The van der Waals surface area contributed by atoms with Crippen molar-refractivity contribution >= 4 is 23.7 Å². The van der Waals surface area contributed by atoms with Crippen LogP contribution in [0.4, 0.5) is 19.0 Å². The lowest BCUT2D eigenvalue weighted by Crippen LogP contribution is -2.40. The molecule has 0 aromatic carbocycles. The third kappa shape index (κ3) is 5.52. The highest BCUT2D eigenvalue weighted by atomic mass is 32.2. The van der Waals surface area contributed by atoms with Gasteiger partial charge in [0.1, 0.15) is 17.8 Å². The van der Waals surface area contributed by atoms with E-state index in [1.165, 1.54) is 22.7 Å². The van der Waals surface area contributed by atoms with Crippen LogP contribution in [-0.4, -0.2) is 55.3 Å². The number of nitrogens with one attached hydrogen (secondary N) is 1. The number of carbonyl (C=O) groups is 1. The fraction of sp³-hybridized carbons (Fsp3) is 0.556. The quantitative estimate of drug-likeness (QED) is 0.355. The molecule has 1 aliphatic heterocycles. The second-order valence-corrected chi connectivity index (χ2v) is 13.1. The lowest BCUT2D eigenvalue weighted by molar-refractivity contribution is -0.194. The molecule has 0 bridgehead atoms. The number of hydrogen-bond acceptors (Lipinski definition) is 7. The highest BCUT2D eigenvalue weighted by Crippen LogP contribution is 2.57. The largest absolute Gasteiger partial charge is 0.476 e. The maximum absolute atomic E-state index is 13.4. The van der Waals surface area contributed by atoms with E-state index in [9.17, 15) is 18.0 Å². The first kappa shape index (κ1) is 28.3. The predicted molar refractivity (Wildman–Crippen MR) is 146 cm³/mol. The summed E-state index contributed by atoms with van der Waals surface area (Å²) in [5.74, 6) is 0.733. The van der Waals surface area contributed by atoms with Crippen LogP contribution in [0.2, 0.25) is 0 Å². The number of rotatable bonds is 8. The van der Waals surface area contributed by atoms with Crippen LogP contribution < -0.4 is 14.4 Å². The zero-order chi connectivity index (χ0) is 29.1. The van der Waals surface area contributed by atoms with Crippen molar-refractivity contribution in [2.24, 2.45) is 17.9 Å². The number of amides is 1. The van der Waals surface area contributed by atoms with E-state index in [1.54, 1.807) is 23.0 Å². The van der Waals surface area contributed by atoms with Gasteiger partial charge in [-0.1, -0.05) is 13.8 Å². The second kappa shape index (κ2) is 9.71. The van der Waals surface area contributed by atoms with Crippen molar-refractivity contribution in [1.82, 2.24) is 29.3 Å². The first-order valence-corrected chi connectivity index (χ1v) is 13.9. The minimum absolute atomic E-state index is 0.000458. The Hall–Kier alpha value is -3.22. The smallest absolute Gasteiger partial charge is 0.397 e. The molecule has 1 aliphatic carbocycles. The van der Waals surface area contributed by atoms with Crippen molar-refractivity contribution in [1.29, 1.82) is 0 Å². The second-order valence-electron chi connectivity index (χ2n) is 12.2. The molecule has 0 atom stereocenters. The maximum atomic E-state index is 13.4. The molecular formula is C27H34F3N7O2S. The van der Waals surface area contributed by atoms with E-state index in [0.717, 1.165) is 17.0 Å². The third-order valence-corrected chi connectivity index (χ3v) is 8.47. The Morgan fingerprint density at radius 2 is 1.88 bits per heavy atom. The number of halogens is 3. The van der Waals surface area contributed by atoms with E-state index in [1.807, 2.05) is 20.2 Å². The first-order valence-electron chi connectivity index (χ1n) is 13.1. The van der Waals surface area contributed by atoms with E-state index in [0.29, 0.717) is 23.7 Å². The van der Waals surface area contributed by atoms with Gasteiger partial charge in [0.05, 0.1) is 16.2 Å². The molecule has 1 N–H and O–H groups in total. The van der Waals surface area contributed by atoms with Crippen LogP contribution in [0.1, 0.15) is 63.0 Å². The highest BCUT2D eigenvalue weighted by Gasteiger charge is 2.64. The number of pyridine rings is 1. The first-order chi connectivity index (χ1) is 18.6. The lowest BCUT2D eigenvalue weighted by atomic mass is 9.86. The number of aromatic nitrogens is 5. The van der Waals surface area contributed by atoms with Crippen molar-refractivity contribution in [2.45, 2.75) is 70.5 Å². The number of alkyl halides is 3. The van der Waals surface area contributed by atoms with E-state index < -0.39 is 18.2 Å². The molecule has 9 nitrogen and oxygen atoms in total.